The van der Waals surface area contributed by atoms with E-state index in [9.17, 15) is 9.59 Å². The van der Waals surface area contributed by atoms with E-state index in [1.165, 1.54) is 0 Å². The number of hydrogen-bond acceptors (Lipinski definition) is 4. The summed E-state index contributed by atoms with van der Waals surface area (Å²) in [5, 5.41) is 8.83. The summed E-state index contributed by atoms with van der Waals surface area (Å²) in [6.45, 7) is 2.59. The summed E-state index contributed by atoms with van der Waals surface area (Å²) in [4.78, 5) is 24.5. The monoisotopic (exact) mass is 260 g/mol. The summed E-state index contributed by atoms with van der Waals surface area (Å²) >= 11 is 1.69. The Morgan fingerprint density at radius 3 is 2.88 bits per heavy atom. The van der Waals surface area contributed by atoms with Gasteiger partial charge in [-0.2, -0.15) is 11.8 Å². The summed E-state index contributed by atoms with van der Waals surface area (Å²) in [7, 11) is 0. The zero-order valence-corrected chi connectivity index (χ0v) is 10.9. The van der Waals surface area contributed by atoms with Gasteiger partial charge < -0.3 is 15.7 Å². The smallest absolute Gasteiger partial charge is 0.305 e. The minimum Gasteiger partial charge on any atom is -0.481 e. The Balaban J connectivity index is 2.63. The number of carboxylic acids is 1. The second kappa shape index (κ2) is 6.86. The second-order valence-corrected chi connectivity index (χ2v) is 5.40. The Kier molecular flexibility index (Phi) is 5.77. The molecule has 0 aromatic rings. The van der Waals surface area contributed by atoms with Crippen molar-refractivity contribution in [3.05, 3.63) is 0 Å². The molecule has 1 unspecified atom stereocenters. The number of nitrogens with two attached hydrogens (primary N) is 1. The molecule has 1 saturated heterocycles. The minimum atomic E-state index is -0.862. The lowest BCUT2D eigenvalue weighted by Crippen LogP contribution is -2.52. The third-order valence-corrected chi connectivity index (χ3v) is 3.93. The molecule has 0 aromatic carbocycles. The number of carbonyl (C=O) groups is 2. The molecule has 0 aromatic heterocycles. The van der Waals surface area contributed by atoms with E-state index < -0.39 is 12.0 Å². The summed E-state index contributed by atoms with van der Waals surface area (Å²) in [6, 6.07) is -0.693. The van der Waals surface area contributed by atoms with Crippen LogP contribution in [0.3, 0.4) is 0 Å². The highest BCUT2D eigenvalue weighted by Gasteiger charge is 2.31. The zero-order chi connectivity index (χ0) is 12.8. The minimum absolute atomic E-state index is 0.0115. The van der Waals surface area contributed by atoms with Crippen LogP contribution in [0.1, 0.15) is 26.2 Å². The van der Waals surface area contributed by atoms with Gasteiger partial charge in [0.15, 0.2) is 0 Å². The zero-order valence-electron chi connectivity index (χ0n) is 10.1. The van der Waals surface area contributed by atoms with Gasteiger partial charge in [0.2, 0.25) is 5.91 Å². The van der Waals surface area contributed by atoms with Crippen molar-refractivity contribution < 1.29 is 14.7 Å². The molecular weight excluding hydrogens is 240 g/mol. The van der Waals surface area contributed by atoms with E-state index >= 15 is 0 Å². The van der Waals surface area contributed by atoms with Gasteiger partial charge >= 0.3 is 5.97 Å². The molecular formula is C11H20N2O3S. The average molecular weight is 260 g/mol. The number of hydrogen-bond donors (Lipinski definition) is 2. The standard InChI is InChI=1S/C11H20N2O3S/c1-2-3-9(12)11(16)13-4-5-17-7-8(13)6-10(14)15/h8-9H,2-7,12H2,1H3,(H,14,15)/t8?,9-/m0/s1. The first-order valence-corrected chi connectivity index (χ1v) is 7.07. The maximum absolute atomic E-state index is 12.1. The van der Waals surface area contributed by atoms with E-state index in [1.54, 1.807) is 16.7 Å². The molecule has 0 saturated carbocycles. The number of nitrogens with zero attached hydrogens (tertiary/aromatic N) is 1. The van der Waals surface area contributed by atoms with Crippen molar-refractivity contribution in [3.63, 3.8) is 0 Å². The van der Waals surface area contributed by atoms with Crippen LogP contribution in [0.2, 0.25) is 0 Å². The second-order valence-electron chi connectivity index (χ2n) is 4.25. The van der Waals surface area contributed by atoms with E-state index in [0.29, 0.717) is 18.7 Å². The van der Waals surface area contributed by atoms with Crippen molar-refractivity contribution in [2.45, 2.75) is 38.3 Å². The van der Waals surface area contributed by atoms with Crippen molar-refractivity contribution in [1.29, 1.82) is 0 Å². The molecule has 1 amide bonds. The Hall–Kier alpha value is -0.750. The molecule has 1 heterocycles. The first-order valence-electron chi connectivity index (χ1n) is 5.91. The lowest BCUT2D eigenvalue weighted by Gasteiger charge is -2.36. The van der Waals surface area contributed by atoms with Gasteiger partial charge in [-0.3, -0.25) is 9.59 Å². The van der Waals surface area contributed by atoms with Gasteiger partial charge in [0.1, 0.15) is 0 Å². The van der Waals surface area contributed by atoms with Gasteiger partial charge in [-0.15, -0.1) is 0 Å². The van der Waals surface area contributed by atoms with Gasteiger partial charge in [-0.1, -0.05) is 13.3 Å². The van der Waals surface area contributed by atoms with Crippen molar-refractivity contribution >= 4 is 23.6 Å². The predicted octanol–water partition coefficient (Wildman–Crippen LogP) is 0.532. The third kappa shape index (κ3) is 4.20. The Labute approximate surface area is 106 Å². The molecule has 3 N–H and O–H groups in total. The van der Waals surface area contributed by atoms with Crippen molar-refractivity contribution in [2.75, 3.05) is 18.1 Å². The van der Waals surface area contributed by atoms with Crippen LogP contribution in [0.4, 0.5) is 0 Å². The fourth-order valence-corrected chi connectivity index (χ4v) is 3.03. The van der Waals surface area contributed by atoms with E-state index in [1.807, 2.05) is 6.92 Å². The molecule has 1 aliphatic rings. The van der Waals surface area contributed by atoms with Gasteiger partial charge in [0.25, 0.3) is 0 Å². The molecule has 1 aliphatic heterocycles. The Bertz CT molecular complexity index is 286. The van der Waals surface area contributed by atoms with Crippen LogP contribution < -0.4 is 5.73 Å². The molecule has 0 radical (unpaired) electrons. The molecule has 1 fully saturated rings. The lowest BCUT2D eigenvalue weighted by atomic mass is 10.1. The molecule has 2 atom stereocenters. The molecule has 6 heteroatoms. The van der Waals surface area contributed by atoms with Crippen LogP contribution in [-0.4, -0.2) is 52.0 Å². The van der Waals surface area contributed by atoms with Crippen LogP contribution in [0.5, 0.6) is 0 Å². The molecule has 0 spiro atoms. The van der Waals surface area contributed by atoms with Crippen molar-refractivity contribution in [3.8, 4) is 0 Å². The SMILES string of the molecule is CCC[C@H](N)C(=O)N1CCSCC1CC(=O)O. The maximum atomic E-state index is 12.1. The number of thioether (sulfide) groups is 1. The van der Waals surface area contributed by atoms with Gasteiger partial charge in [-0.25, -0.2) is 0 Å². The molecule has 0 aliphatic carbocycles. The fraction of sp³-hybridized carbons (Fsp3) is 0.818. The topological polar surface area (TPSA) is 83.6 Å². The predicted molar refractivity (Wildman–Crippen MR) is 68.0 cm³/mol. The van der Waals surface area contributed by atoms with Crippen molar-refractivity contribution in [2.24, 2.45) is 5.73 Å². The number of carbonyl (C=O) groups excluding carboxylic acids is 1. The van der Waals surface area contributed by atoms with Crippen molar-refractivity contribution in [1.82, 2.24) is 4.90 Å². The van der Waals surface area contributed by atoms with Crippen LogP contribution in [0.15, 0.2) is 0 Å². The van der Waals surface area contributed by atoms with E-state index in [4.69, 9.17) is 10.8 Å². The first-order chi connectivity index (χ1) is 8.06. The number of amides is 1. The Morgan fingerprint density at radius 2 is 2.29 bits per heavy atom. The summed E-state index contributed by atoms with van der Waals surface area (Å²) in [5.74, 6) is 0.593. The highest BCUT2D eigenvalue weighted by atomic mass is 32.2. The van der Waals surface area contributed by atoms with E-state index in [-0.39, 0.29) is 18.4 Å². The number of aliphatic carboxylic acids is 1. The molecule has 1 rings (SSSR count). The largest absolute Gasteiger partial charge is 0.481 e. The van der Waals surface area contributed by atoms with E-state index in [0.717, 1.165) is 12.2 Å². The molecule has 17 heavy (non-hydrogen) atoms. The highest BCUT2D eigenvalue weighted by Crippen LogP contribution is 2.20. The van der Waals surface area contributed by atoms with Gasteiger partial charge in [0, 0.05) is 18.1 Å². The van der Waals surface area contributed by atoms with Gasteiger partial charge in [-0.05, 0) is 6.42 Å². The van der Waals surface area contributed by atoms with E-state index in [2.05, 4.69) is 0 Å². The van der Waals surface area contributed by atoms with Crippen LogP contribution in [-0.2, 0) is 9.59 Å². The van der Waals surface area contributed by atoms with Crippen LogP contribution in [0, 0.1) is 0 Å². The quantitative estimate of drug-likeness (QED) is 0.753. The number of carboxylic acid groups (broad SMARTS) is 1. The summed E-state index contributed by atoms with van der Waals surface area (Å²) < 4.78 is 0. The molecule has 0 bridgehead atoms. The fourth-order valence-electron chi connectivity index (χ4n) is 1.96. The molecule has 98 valence electrons. The van der Waals surface area contributed by atoms with Crippen LogP contribution in [0.25, 0.3) is 0 Å². The average Bonchev–Trinajstić information content (AvgIpc) is 2.28. The lowest BCUT2D eigenvalue weighted by molar-refractivity contribution is -0.140. The summed E-state index contributed by atoms with van der Waals surface area (Å²) in [5.41, 5.74) is 5.81. The maximum Gasteiger partial charge on any atom is 0.305 e. The van der Waals surface area contributed by atoms with Gasteiger partial charge in [0.05, 0.1) is 18.5 Å². The van der Waals surface area contributed by atoms with Crippen LogP contribution >= 0.6 is 11.8 Å². The highest BCUT2D eigenvalue weighted by molar-refractivity contribution is 7.99. The number of rotatable bonds is 5. The summed E-state index contributed by atoms with van der Waals surface area (Å²) in [6.07, 6.45) is 1.53. The molecule has 5 nitrogen and oxygen atoms in total. The normalized spacial score (nSPS) is 22.2. The Morgan fingerprint density at radius 1 is 1.59 bits per heavy atom. The third-order valence-electron chi connectivity index (χ3n) is 2.84. The first kappa shape index (κ1) is 14.3.